The highest BCUT2D eigenvalue weighted by Gasteiger charge is 2.25. The number of anilines is 1. The number of hydrogen-bond acceptors (Lipinski definition) is 4. The molecule has 0 saturated heterocycles. The number of hydrogen-bond donors (Lipinski definition) is 0. The van der Waals surface area contributed by atoms with Crippen LogP contribution in [0.4, 0.5) is 5.69 Å². The Morgan fingerprint density at radius 3 is 2.24 bits per heavy atom. The number of rotatable bonds is 6. The van der Waals surface area contributed by atoms with Crippen LogP contribution < -0.4 is 9.64 Å². The molecule has 0 aliphatic carbocycles. The van der Waals surface area contributed by atoms with Gasteiger partial charge in [-0.1, -0.05) is 18.2 Å². The Morgan fingerprint density at radius 2 is 1.72 bits per heavy atom. The molecule has 0 fully saturated rings. The summed E-state index contributed by atoms with van der Waals surface area (Å²) in [5.74, 6) is -0.0698. The highest BCUT2D eigenvalue weighted by Crippen LogP contribution is 2.28. The molecule has 0 aliphatic heterocycles. The van der Waals surface area contributed by atoms with Crippen LogP contribution in [0.5, 0.6) is 5.75 Å². The summed E-state index contributed by atoms with van der Waals surface area (Å²) in [6.45, 7) is 2.33. The van der Waals surface area contributed by atoms with Gasteiger partial charge >= 0.3 is 0 Å². The first-order valence-corrected chi connectivity index (χ1v) is 9.24. The van der Waals surface area contributed by atoms with Crippen molar-refractivity contribution in [3.63, 3.8) is 0 Å². The largest absolute Gasteiger partial charge is 0.495 e. The molecule has 0 spiro atoms. The molecule has 0 heterocycles. The van der Waals surface area contributed by atoms with Crippen LogP contribution in [0.1, 0.15) is 17.3 Å². The van der Waals surface area contributed by atoms with Crippen molar-refractivity contribution in [1.29, 1.82) is 0 Å². The number of amides is 1. The minimum Gasteiger partial charge on any atom is -0.495 e. The van der Waals surface area contributed by atoms with Crippen molar-refractivity contribution in [3.05, 3.63) is 54.1 Å². The third kappa shape index (κ3) is 3.83. The predicted molar refractivity (Wildman–Crippen MR) is 97.7 cm³/mol. The summed E-state index contributed by atoms with van der Waals surface area (Å²) in [6.07, 6.45) is 0. The standard InChI is InChI=1S/C18H22N2O4S/c1-5-20(15-9-7-6-8-10-15)18(21)14-11-12-16(24-4)17(13-14)25(22,23)19(2)3/h6-13H,5H2,1-4H3. The van der Waals surface area contributed by atoms with Gasteiger partial charge in [-0.3, -0.25) is 4.79 Å². The predicted octanol–water partition coefficient (Wildman–Crippen LogP) is 2.61. The van der Waals surface area contributed by atoms with E-state index in [9.17, 15) is 13.2 Å². The molecule has 2 aromatic carbocycles. The average molecular weight is 362 g/mol. The van der Waals surface area contributed by atoms with Gasteiger partial charge in [-0.2, -0.15) is 0 Å². The fourth-order valence-electron chi connectivity index (χ4n) is 2.42. The lowest BCUT2D eigenvalue weighted by molar-refractivity contribution is 0.0988. The first-order chi connectivity index (χ1) is 11.8. The second-order valence-corrected chi connectivity index (χ2v) is 7.66. The van der Waals surface area contributed by atoms with Crippen LogP contribution >= 0.6 is 0 Å². The molecule has 0 aliphatic rings. The van der Waals surface area contributed by atoms with Crippen LogP contribution in [0.15, 0.2) is 53.4 Å². The minimum atomic E-state index is -3.74. The third-order valence-corrected chi connectivity index (χ3v) is 5.63. The van der Waals surface area contributed by atoms with E-state index in [1.807, 2.05) is 37.3 Å². The maximum absolute atomic E-state index is 12.9. The molecule has 2 aromatic rings. The number of nitrogens with zero attached hydrogens (tertiary/aromatic N) is 2. The van der Waals surface area contributed by atoms with Gasteiger partial charge in [-0.15, -0.1) is 0 Å². The Bertz CT molecular complexity index is 849. The monoisotopic (exact) mass is 362 g/mol. The fraction of sp³-hybridized carbons (Fsp3) is 0.278. The van der Waals surface area contributed by atoms with Gasteiger partial charge in [-0.05, 0) is 37.3 Å². The molecule has 0 radical (unpaired) electrons. The number of benzene rings is 2. The van der Waals surface area contributed by atoms with Crippen LogP contribution in [-0.2, 0) is 10.0 Å². The molecule has 2 rings (SSSR count). The molecule has 1 amide bonds. The molecule has 0 unspecified atom stereocenters. The third-order valence-electron chi connectivity index (χ3n) is 3.80. The van der Waals surface area contributed by atoms with E-state index in [0.717, 1.165) is 9.99 Å². The molecule has 0 N–H and O–H groups in total. The Labute approximate surface area is 148 Å². The topological polar surface area (TPSA) is 66.9 Å². The molecular formula is C18H22N2O4S. The molecule has 7 heteroatoms. The summed E-state index contributed by atoms with van der Waals surface area (Å²) in [4.78, 5) is 14.5. The highest BCUT2D eigenvalue weighted by atomic mass is 32.2. The van der Waals surface area contributed by atoms with E-state index in [0.29, 0.717) is 6.54 Å². The van der Waals surface area contributed by atoms with E-state index in [4.69, 9.17) is 4.74 Å². The average Bonchev–Trinajstić information content (AvgIpc) is 2.62. The molecule has 6 nitrogen and oxygen atoms in total. The van der Waals surface area contributed by atoms with E-state index >= 15 is 0 Å². The van der Waals surface area contributed by atoms with Gasteiger partial charge in [0.15, 0.2) is 0 Å². The Hall–Kier alpha value is -2.38. The quantitative estimate of drug-likeness (QED) is 0.792. The summed E-state index contributed by atoms with van der Waals surface area (Å²) in [6, 6.07) is 13.7. The summed E-state index contributed by atoms with van der Waals surface area (Å²) in [5.41, 5.74) is 1.04. The number of sulfonamides is 1. The molecule has 0 atom stereocenters. The van der Waals surface area contributed by atoms with Gasteiger partial charge in [0, 0.05) is 31.9 Å². The van der Waals surface area contributed by atoms with Crippen molar-refractivity contribution in [2.24, 2.45) is 0 Å². The maximum Gasteiger partial charge on any atom is 0.258 e. The first-order valence-electron chi connectivity index (χ1n) is 7.80. The van der Waals surface area contributed by atoms with Crippen molar-refractivity contribution < 1.29 is 17.9 Å². The number of carbonyl (C=O) groups excluding carboxylic acids is 1. The zero-order valence-electron chi connectivity index (χ0n) is 14.8. The molecule has 134 valence electrons. The zero-order valence-corrected chi connectivity index (χ0v) is 15.6. The normalized spacial score (nSPS) is 11.4. The van der Waals surface area contributed by atoms with Gasteiger partial charge in [-0.25, -0.2) is 12.7 Å². The van der Waals surface area contributed by atoms with Crippen LogP contribution in [0, 0.1) is 0 Å². The maximum atomic E-state index is 12.9. The second kappa shape index (κ2) is 7.67. The van der Waals surface area contributed by atoms with E-state index in [2.05, 4.69) is 0 Å². The lowest BCUT2D eigenvalue weighted by atomic mass is 10.1. The summed E-state index contributed by atoms with van der Waals surface area (Å²) >= 11 is 0. The van der Waals surface area contributed by atoms with Crippen molar-refractivity contribution in [1.82, 2.24) is 4.31 Å². The van der Waals surface area contributed by atoms with Crippen LogP contribution in [0.2, 0.25) is 0 Å². The van der Waals surface area contributed by atoms with Gasteiger partial charge in [0.1, 0.15) is 10.6 Å². The van der Waals surface area contributed by atoms with E-state index in [-0.39, 0.29) is 22.1 Å². The first kappa shape index (κ1) is 19.0. The minimum absolute atomic E-state index is 0.0324. The smallest absolute Gasteiger partial charge is 0.258 e. The van der Waals surface area contributed by atoms with Crippen molar-refractivity contribution in [2.75, 3.05) is 32.6 Å². The SMILES string of the molecule is CCN(C(=O)c1ccc(OC)c(S(=O)(=O)N(C)C)c1)c1ccccc1. The van der Waals surface area contributed by atoms with Gasteiger partial charge in [0.2, 0.25) is 10.0 Å². The van der Waals surface area contributed by atoms with E-state index < -0.39 is 10.0 Å². The van der Waals surface area contributed by atoms with E-state index in [1.54, 1.807) is 11.0 Å². The Balaban J connectivity index is 2.51. The Kier molecular flexibility index (Phi) is 5.81. The van der Waals surface area contributed by atoms with Gasteiger partial charge in [0.05, 0.1) is 7.11 Å². The van der Waals surface area contributed by atoms with Crippen LogP contribution in [0.25, 0.3) is 0 Å². The number of para-hydroxylation sites is 1. The van der Waals surface area contributed by atoms with Crippen molar-refractivity contribution in [3.8, 4) is 5.75 Å². The zero-order chi connectivity index (χ0) is 18.6. The lowest BCUT2D eigenvalue weighted by Crippen LogP contribution is -2.31. The summed E-state index contributed by atoms with van der Waals surface area (Å²) in [7, 11) is 0.534. The summed E-state index contributed by atoms with van der Waals surface area (Å²) in [5, 5.41) is 0. The highest BCUT2D eigenvalue weighted by molar-refractivity contribution is 7.89. The molecule has 0 bridgehead atoms. The molecule has 0 saturated carbocycles. The van der Waals surface area contributed by atoms with Crippen LogP contribution in [0.3, 0.4) is 0 Å². The molecule has 0 aromatic heterocycles. The second-order valence-electron chi connectivity index (χ2n) is 5.54. The van der Waals surface area contributed by atoms with Gasteiger partial charge in [0.25, 0.3) is 5.91 Å². The van der Waals surface area contributed by atoms with Gasteiger partial charge < -0.3 is 9.64 Å². The van der Waals surface area contributed by atoms with Crippen molar-refractivity contribution in [2.45, 2.75) is 11.8 Å². The number of carbonyl (C=O) groups is 1. The lowest BCUT2D eigenvalue weighted by Gasteiger charge is -2.22. The number of methoxy groups -OCH3 is 1. The van der Waals surface area contributed by atoms with Crippen LogP contribution in [-0.4, -0.2) is 46.4 Å². The number of ether oxygens (including phenoxy) is 1. The molecular weight excluding hydrogens is 340 g/mol. The van der Waals surface area contributed by atoms with Crippen molar-refractivity contribution >= 4 is 21.6 Å². The Morgan fingerprint density at radius 1 is 1.08 bits per heavy atom. The fourth-order valence-corrected chi connectivity index (χ4v) is 3.49. The summed E-state index contributed by atoms with van der Waals surface area (Å²) < 4.78 is 31.3. The molecule has 25 heavy (non-hydrogen) atoms. The van der Waals surface area contributed by atoms with E-state index in [1.165, 1.54) is 33.3 Å².